The highest BCUT2D eigenvalue weighted by Crippen LogP contribution is 2.22. The summed E-state index contributed by atoms with van der Waals surface area (Å²) < 4.78 is 0. The van der Waals surface area contributed by atoms with E-state index in [1.807, 2.05) is 31.2 Å². The number of hydrogen-bond acceptors (Lipinski definition) is 3. The lowest BCUT2D eigenvalue weighted by molar-refractivity contribution is 1.11. The first-order valence-corrected chi connectivity index (χ1v) is 5.73. The number of H-pyrrole nitrogens is 2. The quantitative estimate of drug-likeness (QED) is 0.659. The monoisotopic (exact) mass is 260 g/mol. The smallest absolute Gasteiger partial charge is 0.306 e. The second-order valence-electron chi connectivity index (χ2n) is 4.00. The van der Waals surface area contributed by atoms with E-state index in [1.54, 1.807) is 0 Å². The first-order valence-electron chi connectivity index (χ1n) is 5.35. The van der Waals surface area contributed by atoms with Gasteiger partial charge in [-0.25, -0.2) is 14.8 Å². The largest absolute Gasteiger partial charge is 0.323 e. The molecular weight excluding hydrogens is 252 g/mol. The number of benzene rings is 1. The molecule has 0 spiro atoms. The molecule has 3 rings (SSSR count). The van der Waals surface area contributed by atoms with Crippen molar-refractivity contribution >= 4 is 22.6 Å². The molecule has 3 aromatic rings. The summed E-state index contributed by atoms with van der Waals surface area (Å²) in [6, 6.07) is 7.40. The maximum atomic E-state index is 11.2. The van der Waals surface area contributed by atoms with Crippen LogP contribution in [0.3, 0.4) is 0 Å². The van der Waals surface area contributed by atoms with Gasteiger partial charge in [0.15, 0.2) is 0 Å². The van der Waals surface area contributed by atoms with Crippen LogP contribution in [0.25, 0.3) is 22.3 Å². The summed E-state index contributed by atoms with van der Waals surface area (Å²) in [6.45, 7) is 1.85. The number of nitrogens with one attached hydrogen (secondary N) is 2. The van der Waals surface area contributed by atoms with E-state index in [2.05, 4.69) is 19.9 Å². The van der Waals surface area contributed by atoms with Gasteiger partial charge in [0.1, 0.15) is 0 Å². The standard InChI is InChI=1S/C12H9ClN4O/c1-6-4-9(15-11(13)14-6)7-2-3-8-10(5-7)17-12(18)16-8/h2-5H,1H3,(H2,16,17,18). The highest BCUT2D eigenvalue weighted by atomic mass is 35.5. The predicted octanol–water partition coefficient (Wildman–Crippen LogP) is 2.28. The van der Waals surface area contributed by atoms with E-state index in [0.717, 1.165) is 28.0 Å². The van der Waals surface area contributed by atoms with Gasteiger partial charge >= 0.3 is 5.69 Å². The van der Waals surface area contributed by atoms with Gasteiger partial charge in [-0.05, 0) is 36.7 Å². The fourth-order valence-corrected chi connectivity index (χ4v) is 2.10. The molecule has 0 atom stereocenters. The molecule has 0 aliphatic rings. The van der Waals surface area contributed by atoms with E-state index in [-0.39, 0.29) is 11.0 Å². The van der Waals surface area contributed by atoms with E-state index >= 15 is 0 Å². The van der Waals surface area contributed by atoms with E-state index in [0.29, 0.717) is 0 Å². The Hall–Kier alpha value is -2.14. The van der Waals surface area contributed by atoms with E-state index < -0.39 is 0 Å². The van der Waals surface area contributed by atoms with Crippen LogP contribution in [0.5, 0.6) is 0 Å². The molecule has 0 bridgehead atoms. The van der Waals surface area contributed by atoms with Crippen molar-refractivity contribution in [3.8, 4) is 11.3 Å². The fraction of sp³-hybridized carbons (Fsp3) is 0.0833. The van der Waals surface area contributed by atoms with Gasteiger partial charge in [0.25, 0.3) is 0 Å². The maximum Gasteiger partial charge on any atom is 0.323 e. The molecule has 0 aliphatic carbocycles. The van der Waals surface area contributed by atoms with Crippen LogP contribution in [0.4, 0.5) is 0 Å². The third-order valence-corrected chi connectivity index (χ3v) is 2.81. The molecule has 18 heavy (non-hydrogen) atoms. The van der Waals surface area contributed by atoms with Crippen LogP contribution in [0, 0.1) is 6.92 Å². The van der Waals surface area contributed by atoms with Gasteiger partial charge in [0.2, 0.25) is 5.28 Å². The first-order chi connectivity index (χ1) is 8.61. The molecule has 0 radical (unpaired) electrons. The summed E-state index contributed by atoms with van der Waals surface area (Å²) in [4.78, 5) is 24.8. The Morgan fingerprint density at radius 3 is 2.67 bits per heavy atom. The number of nitrogens with zero attached hydrogens (tertiary/aromatic N) is 2. The van der Waals surface area contributed by atoms with Crippen molar-refractivity contribution in [2.24, 2.45) is 0 Å². The molecule has 2 aromatic heterocycles. The minimum absolute atomic E-state index is 0.215. The zero-order valence-corrected chi connectivity index (χ0v) is 10.2. The van der Waals surface area contributed by atoms with Gasteiger partial charge in [0.05, 0.1) is 16.7 Å². The Labute approximate surface area is 107 Å². The molecule has 0 fully saturated rings. The number of halogens is 1. The first kappa shape index (κ1) is 11.0. The van der Waals surface area contributed by atoms with Crippen molar-refractivity contribution in [1.82, 2.24) is 19.9 Å². The Balaban J connectivity index is 2.21. The minimum atomic E-state index is -0.223. The number of fused-ring (bicyclic) bond motifs is 1. The summed E-state index contributed by atoms with van der Waals surface area (Å²) in [5.41, 5.74) is 3.69. The van der Waals surface area contributed by atoms with Crippen molar-refractivity contribution in [3.05, 3.63) is 45.7 Å². The number of aryl methyl sites for hydroxylation is 1. The lowest BCUT2D eigenvalue weighted by Gasteiger charge is -2.02. The Bertz CT molecular complexity index is 770. The SMILES string of the molecule is Cc1cc(-c2ccc3[nH]c(=O)[nH]c3c2)nc(Cl)n1. The van der Waals surface area contributed by atoms with E-state index in [1.165, 1.54) is 0 Å². The van der Waals surface area contributed by atoms with Crippen LogP contribution < -0.4 is 5.69 Å². The molecule has 2 N–H and O–H groups in total. The van der Waals surface area contributed by atoms with Crippen molar-refractivity contribution in [1.29, 1.82) is 0 Å². The second-order valence-corrected chi connectivity index (χ2v) is 4.34. The van der Waals surface area contributed by atoms with Crippen LogP contribution >= 0.6 is 11.6 Å². The van der Waals surface area contributed by atoms with Gasteiger partial charge in [-0.1, -0.05) is 6.07 Å². The molecule has 90 valence electrons. The van der Waals surface area contributed by atoms with Crippen molar-refractivity contribution in [2.75, 3.05) is 0 Å². The molecule has 0 saturated heterocycles. The topological polar surface area (TPSA) is 74.4 Å². The number of rotatable bonds is 1. The van der Waals surface area contributed by atoms with Crippen LogP contribution in [0.1, 0.15) is 5.69 Å². The zero-order chi connectivity index (χ0) is 12.7. The number of hydrogen-bond donors (Lipinski definition) is 2. The molecular formula is C12H9ClN4O. The summed E-state index contributed by atoms with van der Waals surface area (Å²) in [5, 5.41) is 0.215. The summed E-state index contributed by atoms with van der Waals surface area (Å²) in [7, 11) is 0. The van der Waals surface area contributed by atoms with Gasteiger partial charge in [-0.3, -0.25) is 0 Å². The number of aromatic nitrogens is 4. The predicted molar refractivity (Wildman–Crippen MR) is 69.7 cm³/mol. The van der Waals surface area contributed by atoms with E-state index in [4.69, 9.17) is 11.6 Å². The maximum absolute atomic E-state index is 11.2. The highest BCUT2D eigenvalue weighted by molar-refractivity contribution is 6.28. The molecule has 0 amide bonds. The zero-order valence-electron chi connectivity index (χ0n) is 9.49. The molecule has 0 saturated carbocycles. The second kappa shape index (κ2) is 3.96. The van der Waals surface area contributed by atoms with Crippen LogP contribution in [-0.2, 0) is 0 Å². The van der Waals surface area contributed by atoms with Gasteiger partial charge in [-0.2, -0.15) is 0 Å². The van der Waals surface area contributed by atoms with Crippen molar-refractivity contribution in [3.63, 3.8) is 0 Å². The lowest BCUT2D eigenvalue weighted by atomic mass is 10.1. The summed E-state index contributed by atoms with van der Waals surface area (Å²) in [5.74, 6) is 0. The van der Waals surface area contributed by atoms with Gasteiger partial charge < -0.3 is 9.97 Å². The molecule has 5 nitrogen and oxygen atoms in total. The van der Waals surface area contributed by atoms with Crippen LogP contribution in [-0.4, -0.2) is 19.9 Å². The Kier molecular flexibility index (Phi) is 2.41. The fourth-order valence-electron chi connectivity index (χ4n) is 1.87. The summed E-state index contributed by atoms with van der Waals surface area (Å²) >= 11 is 5.84. The molecule has 0 aliphatic heterocycles. The molecule has 2 heterocycles. The van der Waals surface area contributed by atoms with Crippen molar-refractivity contribution in [2.45, 2.75) is 6.92 Å². The van der Waals surface area contributed by atoms with Crippen molar-refractivity contribution < 1.29 is 0 Å². The molecule has 6 heteroatoms. The van der Waals surface area contributed by atoms with Crippen LogP contribution in [0.15, 0.2) is 29.1 Å². The Morgan fingerprint density at radius 2 is 1.89 bits per heavy atom. The number of aromatic amines is 2. The van der Waals surface area contributed by atoms with Crippen LogP contribution in [0.2, 0.25) is 5.28 Å². The Morgan fingerprint density at radius 1 is 1.11 bits per heavy atom. The summed E-state index contributed by atoms with van der Waals surface area (Å²) in [6.07, 6.45) is 0. The normalized spacial score (nSPS) is 11.0. The molecule has 0 unspecified atom stereocenters. The number of imidazole rings is 1. The molecule has 1 aromatic carbocycles. The minimum Gasteiger partial charge on any atom is -0.306 e. The van der Waals surface area contributed by atoms with Gasteiger partial charge in [0, 0.05) is 11.3 Å². The van der Waals surface area contributed by atoms with Gasteiger partial charge in [-0.15, -0.1) is 0 Å². The third kappa shape index (κ3) is 1.89. The van der Waals surface area contributed by atoms with E-state index in [9.17, 15) is 4.79 Å². The highest BCUT2D eigenvalue weighted by Gasteiger charge is 2.05. The lowest BCUT2D eigenvalue weighted by Crippen LogP contribution is -1.99. The average Bonchev–Trinajstić information content (AvgIpc) is 2.66. The third-order valence-electron chi connectivity index (χ3n) is 2.64. The average molecular weight is 261 g/mol.